The summed E-state index contributed by atoms with van der Waals surface area (Å²) in [5.74, 6) is 0.0438. The first-order valence-electron chi connectivity index (χ1n) is 5.00. The van der Waals surface area contributed by atoms with Crippen molar-refractivity contribution < 1.29 is 9.32 Å². The van der Waals surface area contributed by atoms with E-state index in [0.717, 1.165) is 18.8 Å². The summed E-state index contributed by atoms with van der Waals surface area (Å²) in [6, 6.07) is 1.69. The smallest absolute Gasteiger partial charge is 0.304 e. The maximum absolute atomic E-state index is 11.5. The molecule has 1 aliphatic rings. The van der Waals surface area contributed by atoms with Crippen LogP contribution in [0.1, 0.15) is 37.0 Å². The van der Waals surface area contributed by atoms with Crippen LogP contribution < -0.4 is 5.43 Å². The molecule has 0 saturated carbocycles. The third kappa shape index (κ3) is 2.36. The number of rotatable bonds is 2. The Kier molecular flexibility index (Phi) is 2.26. The van der Waals surface area contributed by atoms with E-state index in [0.29, 0.717) is 0 Å². The molecule has 1 aromatic heterocycles. The third-order valence-electron chi connectivity index (χ3n) is 2.21. The summed E-state index contributed by atoms with van der Waals surface area (Å²) in [6.07, 6.45) is 0. The highest BCUT2D eigenvalue weighted by Crippen LogP contribution is 2.21. The summed E-state index contributed by atoms with van der Waals surface area (Å²) in [7, 11) is 0. The van der Waals surface area contributed by atoms with Crippen molar-refractivity contribution >= 4 is 5.91 Å². The third-order valence-corrected chi connectivity index (χ3v) is 2.21. The van der Waals surface area contributed by atoms with Gasteiger partial charge in [0.25, 0.3) is 0 Å². The summed E-state index contributed by atoms with van der Waals surface area (Å²) >= 11 is 0. The molecule has 2 rings (SSSR count). The molecule has 0 unspecified atom stereocenters. The maximum Gasteiger partial charge on any atom is 0.304 e. The Labute approximate surface area is 88.4 Å². The SMILES string of the molecule is CC(C)(C)c1cc(C(=O)NN2CC2)on1. The van der Waals surface area contributed by atoms with Crippen molar-refractivity contribution in [2.45, 2.75) is 26.2 Å². The highest BCUT2D eigenvalue weighted by Gasteiger charge is 2.25. The molecule has 1 amide bonds. The fourth-order valence-electron chi connectivity index (χ4n) is 1.10. The molecule has 0 atom stereocenters. The Morgan fingerprint density at radius 2 is 2.20 bits per heavy atom. The predicted octanol–water partition coefficient (Wildman–Crippen LogP) is 0.932. The van der Waals surface area contributed by atoms with E-state index in [1.807, 2.05) is 25.8 Å². The average Bonchev–Trinajstić information content (AvgIpc) is 2.80. The summed E-state index contributed by atoms with van der Waals surface area (Å²) < 4.78 is 4.99. The molecule has 0 bridgehead atoms. The number of nitrogens with one attached hydrogen (secondary N) is 1. The molecule has 0 spiro atoms. The predicted molar refractivity (Wildman–Crippen MR) is 54.2 cm³/mol. The van der Waals surface area contributed by atoms with Gasteiger partial charge in [-0.1, -0.05) is 25.9 Å². The Hall–Kier alpha value is -1.36. The van der Waals surface area contributed by atoms with Gasteiger partial charge < -0.3 is 4.52 Å². The second-order valence-corrected chi connectivity index (χ2v) is 4.75. The van der Waals surface area contributed by atoms with Gasteiger partial charge in [-0.15, -0.1) is 0 Å². The number of nitrogens with zero attached hydrogens (tertiary/aromatic N) is 2. The molecule has 5 nitrogen and oxygen atoms in total. The van der Waals surface area contributed by atoms with Gasteiger partial charge in [-0.3, -0.25) is 10.2 Å². The Morgan fingerprint density at radius 3 is 2.67 bits per heavy atom. The number of hydrogen-bond acceptors (Lipinski definition) is 4. The van der Waals surface area contributed by atoms with Crippen molar-refractivity contribution in [1.29, 1.82) is 0 Å². The summed E-state index contributed by atoms with van der Waals surface area (Å²) in [5, 5.41) is 5.69. The van der Waals surface area contributed by atoms with Crippen molar-refractivity contribution in [2.75, 3.05) is 13.1 Å². The number of hydrazine groups is 1. The van der Waals surface area contributed by atoms with E-state index in [9.17, 15) is 4.79 Å². The quantitative estimate of drug-likeness (QED) is 0.736. The molecule has 82 valence electrons. The Morgan fingerprint density at radius 1 is 1.53 bits per heavy atom. The maximum atomic E-state index is 11.5. The van der Waals surface area contributed by atoms with E-state index in [-0.39, 0.29) is 17.1 Å². The summed E-state index contributed by atoms with van der Waals surface area (Å²) in [6.45, 7) is 7.89. The largest absolute Gasteiger partial charge is 0.351 e. The van der Waals surface area contributed by atoms with Crippen LogP contribution in [0.5, 0.6) is 0 Å². The van der Waals surface area contributed by atoms with Gasteiger partial charge in [0.15, 0.2) is 0 Å². The zero-order valence-electron chi connectivity index (χ0n) is 9.20. The van der Waals surface area contributed by atoms with Crippen molar-refractivity contribution in [1.82, 2.24) is 15.6 Å². The van der Waals surface area contributed by atoms with Gasteiger partial charge in [-0.2, -0.15) is 0 Å². The number of hydrogen-bond donors (Lipinski definition) is 1. The monoisotopic (exact) mass is 209 g/mol. The van der Waals surface area contributed by atoms with Gasteiger partial charge in [-0.05, 0) is 0 Å². The van der Waals surface area contributed by atoms with Crippen LogP contribution in [0.15, 0.2) is 10.6 Å². The Bertz CT molecular complexity index is 374. The molecule has 0 aliphatic carbocycles. The number of amides is 1. The topological polar surface area (TPSA) is 58.1 Å². The van der Waals surface area contributed by atoms with Gasteiger partial charge >= 0.3 is 5.91 Å². The van der Waals surface area contributed by atoms with Crippen molar-refractivity contribution in [3.63, 3.8) is 0 Å². The van der Waals surface area contributed by atoms with Gasteiger partial charge in [0, 0.05) is 24.6 Å². The fraction of sp³-hybridized carbons (Fsp3) is 0.600. The molecule has 1 saturated heterocycles. The first kappa shape index (κ1) is 10.2. The number of carbonyl (C=O) groups is 1. The van der Waals surface area contributed by atoms with E-state index >= 15 is 0 Å². The molecule has 5 heteroatoms. The van der Waals surface area contributed by atoms with Crippen molar-refractivity contribution in [2.24, 2.45) is 0 Å². The lowest BCUT2D eigenvalue weighted by Gasteiger charge is -2.12. The second kappa shape index (κ2) is 3.34. The standard InChI is InChI=1S/C10H15N3O2/c1-10(2,3)8-6-7(15-12-8)9(14)11-13-4-5-13/h6H,4-5H2,1-3H3,(H,11,14). The minimum absolute atomic E-state index is 0.0953. The zero-order chi connectivity index (χ0) is 11.1. The van der Waals surface area contributed by atoms with Crippen LogP contribution in [-0.2, 0) is 5.41 Å². The lowest BCUT2D eigenvalue weighted by molar-refractivity contribution is 0.0858. The van der Waals surface area contributed by atoms with Crippen LogP contribution in [0.4, 0.5) is 0 Å². The molecular formula is C10H15N3O2. The van der Waals surface area contributed by atoms with Crippen LogP contribution in [0, 0.1) is 0 Å². The van der Waals surface area contributed by atoms with E-state index in [4.69, 9.17) is 4.52 Å². The molecule has 0 aromatic carbocycles. The molecular weight excluding hydrogens is 194 g/mol. The second-order valence-electron chi connectivity index (χ2n) is 4.75. The van der Waals surface area contributed by atoms with Crippen LogP contribution in [0.25, 0.3) is 0 Å². The van der Waals surface area contributed by atoms with E-state index in [1.165, 1.54) is 0 Å². The van der Waals surface area contributed by atoms with Gasteiger partial charge in [0.2, 0.25) is 5.76 Å². The van der Waals surface area contributed by atoms with Crippen LogP contribution in [0.3, 0.4) is 0 Å². The van der Waals surface area contributed by atoms with Gasteiger partial charge in [0.05, 0.1) is 5.69 Å². The number of carbonyl (C=O) groups excluding carboxylic acids is 1. The zero-order valence-corrected chi connectivity index (χ0v) is 9.20. The van der Waals surface area contributed by atoms with Crippen molar-refractivity contribution in [3.05, 3.63) is 17.5 Å². The lowest BCUT2D eigenvalue weighted by Crippen LogP contribution is -2.28. The van der Waals surface area contributed by atoms with Gasteiger partial charge in [-0.25, -0.2) is 5.01 Å². The summed E-state index contributed by atoms with van der Waals surface area (Å²) in [5.41, 5.74) is 3.39. The normalized spacial score (nSPS) is 16.5. The minimum Gasteiger partial charge on any atom is -0.351 e. The highest BCUT2D eigenvalue weighted by atomic mass is 16.5. The minimum atomic E-state index is -0.226. The average molecular weight is 209 g/mol. The van der Waals surface area contributed by atoms with E-state index < -0.39 is 0 Å². The fourth-order valence-corrected chi connectivity index (χ4v) is 1.10. The molecule has 1 aromatic rings. The van der Waals surface area contributed by atoms with Crippen LogP contribution in [-0.4, -0.2) is 29.2 Å². The van der Waals surface area contributed by atoms with Crippen LogP contribution in [0.2, 0.25) is 0 Å². The summed E-state index contributed by atoms with van der Waals surface area (Å²) in [4.78, 5) is 11.5. The molecule has 0 radical (unpaired) electrons. The first-order valence-corrected chi connectivity index (χ1v) is 5.00. The molecule has 1 fully saturated rings. The van der Waals surface area contributed by atoms with Gasteiger partial charge in [0.1, 0.15) is 0 Å². The van der Waals surface area contributed by atoms with E-state index in [1.54, 1.807) is 6.07 Å². The highest BCUT2D eigenvalue weighted by molar-refractivity contribution is 5.91. The van der Waals surface area contributed by atoms with Crippen LogP contribution >= 0.6 is 0 Å². The lowest BCUT2D eigenvalue weighted by atomic mass is 9.92. The van der Waals surface area contributed by atoms with Crippen molar-refractivity contribution in [3.8, 4) is 0 Å². The first-order chi connectivity index (χ1) is 6.97. The Balaban J connectivity index is 2.08. The molecule has 1 N–H and O–H groups in total. The molecule has 2 heterocycles. The number of aromatic nitrogens is 1. The molecule has 1 aliphatic heterocycles. The van der Waals surface area contributed by atoms with E-state index in [2.05, 4.69) is 10.6 Å². The molecule has 15 heavy (non-hydrogen) atoms.